The zero-order valence-corrected chi connectivity index (χ0v) is 15.9. The lowest BCUT2D eigenvalue weighted by Gasteiger charge is -2.33. The number of amides is 3. The topological polar surface area (TPSA) is 52.7 Å². The van der Waals surface area contributed by atoms with Crippen LogP contribution in [-0.4, -0.2) is 37.0 Å². The first-order valence-electron chi connectivity index (χ1n) is 9.57. The van der Waals surface area contributed by atoms with E-state index in [2.05, 4.69) is 23.5 Å². The lowest BCUT2D eigenvalue weighted by atomic mass is 9.87. The summed E-state index contributed by atoms with van der Waals surface area (Å²) in [6, 6.07) is 14.1. The van der Waals surface area contributed by atoms with Crippen molar-refractivity contribution in [3.05, 3.63) is 64.7 Å². The Kier molecular flexibility index (Phi) is 4.60. The van der Waals surface area contributed by atoms with Crippen LogP contribution in [0.1, 0.15) is 45.9 Å². The van der Waals surface area contributed by atoms with Crippen molar-refractivity contribution in [3.63, 3.8) is 0 Å². The van der Waals surface area contributed by atoms with E-state index < -0.39 is 0 Å². The molecule has 1 saturated heterocycles. The lowest BCUT2D eigenvalue weighted by molar-refractivity contribution is 0.0715. The second-order valence-electron chi connectivity index (χ2n) is 7.41. The number of hydrogen-bond acceptors (Lipinski definition) is 2. The molecule has 4 rings (SSSR count). The molecule has 1 atom stereocenters. The van der Waals surface area contributed by atoms with Crippen LogP contribution in [0.4, 0.5) is 10.5 Å². The van der Waals surface area contributed by atoms with E-state index in [1.807, 2.05) is 43.1 Å². The van der Waals surface area contributed by atoms with Gasteiger partial charge in [0.25, 0.3) is 5.91 Å². The highest BCUT2D eigenvalue weighted by atomic mass is 16.2. The zero-order valence-electron chi connectivity index (χ0n) is 15.9. The molecule has 27 heavy (non-hydrogen) atoms. The molecular weight excluding hydrogens is 338 g/mol. The van der Waals surface area contributed by atoms with E-state index in [0.717, 1.165) is 30.5 Å². The number of carbonyl (C=O) groups is 2. The molecule has 1 unspecified atom stereocenters. The number of hydrogen-bond donors (Lipinski definition) is 1. The van der Waals surface area contributed by atoms with Crippen molar-refractivity contribution in [1.82, 2.24) is 10.2 Å². The third kappa shape index (κ3) is 3.18. The number of aryl methyl sites for hydroxylation is 2. The van der Waals surface area contributed by atoms with Crippen molar-refractivity contribution >= 4 is 17.6 Å². The van der Waals surface area contributed by atoms with Crippen LogP contribution in [-0.2, 0) is 6.42 Å². The molecule has 0 radical (unpaired) electrons. The smallest absolute Gasteiger partial charge is 0.322 e. The van der Waals surface area contributed by atoms with Gasteiger partial charge >= 0.3 is 6.03 Å². The summed E-state index contributed by atoms with van der Waals surface area (Å²) < 4.78 is 0. The molecule has 1 fully saturated rings. The summed E-state index contributed by atoms with van der Waals surface area (Å²) in [5, 5.41) is 2.82. The van der Waals surface area contributed by atoms with Gasteiger partial charge in [-0.15, -0.1) is 0 Å². The van der Waals surface area contributed by atoms with Gasteiger partial charge in [-0.3, -0.25) is 9.69 Å². The molecular formula is C22H25N3O2. The quantitative estimate of drug-likeness (QED) is 0.904. The molecule has 1 aliphatic heterocycles. The Balaban J connectivity index is 1.63. The highest BCUT2D eigenvalue weighted by Crippen LogP contribution is 2.34. The molecule has 5 nitrogen and oxygen atoms in total. The van der Waals surface area contributed by atoms with Gasteiger partial charge < -0.3 is 10.2 Å². The molecule has 1 aliphatic carbocycles. The Bertz CT molecular complexity index is 893. The van der Waals surface area contributed by atoms with Crippen molar-refractivity contribution in [2.75, 3.05) is 25.0 Å². The zero-order chi connectivity index (χ0) is 19.0. The Labute approximate surface area is 160 Å². The summed E-state index contributed by atoms with van der Waals surface area (Å²) in [6.45, 7) is 3.23. The number of rotatable bonds is 3. The average Bonchev–Trinajstić information content (AvgIpc) is 3.12. The van der Waals surface area contributed by atoms with Crippen molar-refractivity contribution in [2.45, 2.75) is 32.2 Å². The van der Waals surface area contributed by atoms with E-state index in [1.54, 1.807) is 4.90 Å². The second-order valence-corrected chi connectivity index (χ2v) is 7.41. The third-order valence-corrected chi connectivity index (χ3v) is 5.73. The van der Waals surface area contributed by atoms with Gasteiger partial charge in [-0.2, -0.15) is 0 Å². The molecule has 5 heteroatoms. The predicted molar refractivity (Wildman–Crippen MR) is 106 cm³/mol. The number of carbonyl (C=O) groups excluding carboxylic acids is 2. The Morgan fingerprint density at radius 3 is 2.81 bits per heavy atom. The largest absolute Gasteiger partial charge is 0.336 e. The molecule has 2 aromatic rings. The summed E-state index contributed by atoms with van der Waals surface area (Å²) in [7, 11) is 1.89. The SMILES string of the molecule is Cc1ccc(C(=O)N(C)C2CCCc3ccccc32)cc1N1CCNC1=O. The van der Waals surface area contributed by atoms with Crippen LogP contribution in [0.15, 0.2) is 42.5 Å². The summed E-state index contributed by atoms with van der Waals surface area (Å²) in [5.41, 5.74) is 5.03. The number of nitrogens with one attached hydrogen (secondary N) is 1. The van der Waals surface area contributed by atoms with Gasteiger partial charge in [-0.25, -0.2) is 4.79 Å². The van der Waals surface area contributed by atoms with E-state index in [-0.39, 0.29) is 18.0 Å². The van der Waals surface area contributed by atoms with Crippen LogP contribution in [0.3, 0.4) is 0 Å². The van der Waals surface area contributed by atoms with Crippen LogP contribution < -0.4 is 10.2 Å². The Hall–Kier alpha value is -2.82. The van der Waals surface area contributed by atoms with Crippen LogP contribution in [0, 0.1) is 6.92 Å². The lowest BCUT2D eigenvalue weighted by Crippen LogP contribution is -2.34. The maximum atomic E-state index is 13.2. The molecule has 140 valence electrons. The van der Waals surface area contributed by atoms with Crippen molar-refractivity contribution in [3.8, 4) is 0 Å². The van der Waals surface area contributed by atoms with Crippen LogP contribution in [0.25, 0.3) is 0 Å². The highest BCUT2D eigenvalue weighted by molar-refractivity contribution is 5.99. The van der Waals surface area contributed by atoms with Crippen LogP contribution in [0.2, 0.25) is 0 Å². The van der Waals surface area contributed by atoms with Gasteiger partial charge in [0.2, 0.25) is 0 Å². The highest BCUT2D eigenvalue weighted by Gasteiger charge is 2.28. The van der Waals surface area contributed by atoms with E-state index >= 15 is 0 Å². The fourth-order valence-corrected chi connectivity index (χ4v) is 4.21. The van der Waals surface area contributed by atoms with Crippen molar-refractivity contribution in [2.24, 2.45) is 0 Å². The van der Waals surface area contributed by atoms with E-state index in [9.17, 15) is 9.59 Å². The van der Waals surface area contributed by atoms with Gasteiger partial charge in [0.15, 0.2) is 0 Å². The minimum atomic E-state index is -0.0998. The number of urea groups is 1. The maximum absolute atomic E-state index is 13.2. The van der Waals surface area contributed by atoms with Crippen LogP contribution >= 0.6 is 0 Å². The fraction of sp³-hybridized carbons (Fsp3) is 0.364. The van der Waals surface area contributed by atoms with E-state index in [1.165, 1.54) is 11.1 Å². The molecule has 3 amide bonds. The molecule has 0 aromatic heterocycles. The normalized spacial score (nSPS) is 18.8. The van der Waals surface area contributed by atoms with Crippen molar-refractivity contribution in [1.29, 1.82) is 0 Å². The summed E-state index contributed by atoms with van der Waals surface area (Å²) in [4.78, 5) is 28.8. The Morgan fingerprint density at radius 2 is 2.04 bits per heavy atom. The third-order valence-electron chi connectivity index (χ3n) is 5.73. The molecule has 0 spiro atoms. The van der Waals surface area contributed by atoms with Gasteiger partial charge in [0.1, 0.15) is 0 Å². The average molecular weight is 363 g/mol. The number of nitrogens with zero attached hydrogens (tertiary/aromatic N) is 2. The van der Waals surface area contributed by atoms with E-state index in [0.29, 0.717) is 18.7 Å². The summed E-state index contributed by atoms with van der Waals surface area (Å²) >= 11 is 0. The van der Waals surface area contributed by atoms with Gasteiger partial charge in [-0.05, 0) is 55.0 Å². The number of benzene rings is 2. The maximum Gasteiger partial charge on any atom is 0.322 e. The summed E-state index contributed by atoms with van der Waals surface area (Å²) in [6.07, 6.45) is 3.15. The standard InChI is InChI=1S/C22H25N3O2/c1-15-10-11-17(14-20(15)25-13-12-23-22(25)27)21(26)24(2)19-9-5-7-16-6-3-4-8-18(16)19/h3-4,6,8,10-11,14,19H,5,7,9,12-13H2,1-2H3,(H,23,27). The summed E-state index contributed by atoms with van der Waals surface area (Å²) in [5.74, 6) is -0.00226. The fourth-order valence-electron chi connectivity index (χ4n) is 4.21. The molecule has 1 N–H and O–H groups in total. The van der Waals surface area contributed by atoms with Gasteiger partial charge in [0.05, 0.1) is 6.04 Å². The molecule has 0 bridgehead atoms. The van der Waals surface area contributed by atoms with E-state index in [4.69, 9.17) is 0 Å². The van der Waals surface area contributed by atoms with Crippen LogP contribution in [0.5, 0.6) is 0 Å². The molecule has 2 aliphatic rings. The first kappa shape index (κ1) is 17.6. The predicted octanol–water partition coefficient (Wildman–Crippen LogP) is 3.67. The molecule has 2 aromatic carbocycles. The molecule has 0 saturated carbocycles. The molecule has 1 heterocycles. The van der Waals surface area contributed by atoms with Gasteiger partial charge in [-0.1, -0.05) is 30.3 Å². The minimum Gasteiger partial charge on any atom is -0.336 e. The number of fused-ring (bicyclic) bond motifs is 1. The monoisotopic (exact) mass is 363 g/mol. The minimum absolute atomic E-state index is 0.00226. The Morgan fingerprint density at radius 1 is 1.22 bits per heavy atom. The van der Waals surface area contributed by atoms with Crippen molar-refractivity contribution < 1.29 is 9.59 Å². The number of anilines is 1. The van der Waals surface area contributed by atoms with Gasteiger partial charge in [0, 0.05) is 31.4 Å². The second kappa shape index (κ2) is 7.06. The first-order valence-corrected chi connectivity index (χ1v) is 9.57. The first-order chi connectivity index (χ1) is 13.1.